The average Bonchev–Trinajstić information content (AvgIpc) is 2.35. The first-order valence-corrected chi connectivity index (χ1v) is 5.08. The maximum Gasteiger partial charge on any atom is 0.307 e. The van der Waals surface area contributed by atoms with Crippen molar-refractivity contribution >= 4 is 17.1 Å². The van der Waals surface area contributed by atoms with Gasteiger partial charge in [0.25, 0.3) is 0 Å². The summed E-state index contributed by atoms with van der Waals surface area (Å²) in [7, 11) is 0. The number of carbonyl (C=O) groups excluding carboxylic acids is 1. The summed E-state index contributed by atoms with van der Waals surface area (Å²) in [4.78, 5) is 22.5. The summed E-state index contributed by atoms with van der Waals surface area (Å²) in [5.74, 6) is 0.0924. The molecule has 0 aliphatic heterocycles. The fourth-order valence-corrected chi connectivity index (χ4v) is 1.67. The highest BCUT2D eigenvalue weighted by Crippen LogP contribution is 2.02. The van der Waals surface area contributed by atoms with E-state index in [0.717, 1.165) is 17.0 Å². The minimum atomic E-state index is -0.0495. The molecule has 0 amide bonds. The molecule has 0 aliphatic carbocycles. The average molecular weight is 199 g/mol. The number of carbonyl (C=O) groups is 1. The molecule has 72 valence electrons. The van der Waals surface area contributed by atoms with Gasteiger partial charge in [-0.2, -0.15) is 0 Å². The Morgan fingerprint density at radius 3 is 2.62 bits per heavy atom. The smallest absolute Gasteiger partial charge is 0.297 e. The molecule has 0 spiro atoms. The molecule has 0 saturated heterocycles. The van der Waals surface area contributed by atoms with Gasteiger partial charge in [0.05, 0.1) is 6.54 Å². The normalized spacial score (nSPS) is 10.8. The van der Waals surface area contributed by atoms with Crippen LogP contribution in [0, 0.1) is 12.8 Å². The number of hydrogen-bond donors (Lipinski definition) is 0. The summed E-state index contributed by atoms with van der Waals surface area (Å²) in [5, 5.41) is 1.77. The Balaban J connectivity index is 2.86. The lowest BCUT2D eigenvalue weighted by molar-refractivity contribution is -0.122. The van der Waals surface area contributed by atoms with Gasteiger partial charge in [-0.3, -0.25) is 14.2 Å². The van der Waals surface area contributed by atoms with Gasteiger partial charge in [0.1, 0.15) is 0 Å². The van der Waals surface area contributed by atoms with Crippen LogP contribution >= 0.6 is 11.3 Å². The number of aryl methyl sites for hydroxylation is 1. The van der Waals surface area contributed by atoms with Gasteiger partial charge < -0.3 is 0 Å². The minimum absolute atomic E-state index is 0.00815. The Hall–Kier alpha value is -0.900. The molecule has 3 nitrogen and oxygen atoms in total. The molecule has 1 aromatic heterocycles. The van der Waals surface area contributed by atoms with E-state index in [4.69, 9.17) is 0 Å². The van der Waals surface area contributed by atoms with Crippen LogP contribution in [0.5, 0.6) is 0 Å². The number of thiazole rings is 1. The molecule has 13 heavy (non-hydrogen) atoms. The van der Waals surface area contributed by atoms with Crippen molar-refractivity contribution in [1.82, 2.24) is 4.57 Å². The summed E-state index contributed by atoms with van der Waals surface area (Å²) in [6.45, 7) is 5.74. The molecule has 0 N–H and O–H groups in total. The molecular formula is C9H13NO2S. The highest BCUT2D eigenvalue weighted by atomic mass is 32.1. The molecule has 1 rings (SSSR count). The maximum atomic E-state index is 11.4. The Labute approximate surface area is 81.0 Å². The topological polar surface area (TPSA) is 39.1 Å². The van der Waals surface area contributed by atoms with Gasteiger partial charge in [-0.05, 0) is 6.92 Å². The third-order valence-corrected chi connectivity index (χ3v) is 2.82. The summed E-state index contributed by atoms with van der Waals surface area (Å²) in [5.41, 5.74) is 0.865. The van der Waals surface area contributed by atoms with E-state index in [2.05, 4.69) is 0 Å². The second kappa shape index (κ2) is 3.87. The van der Waals surface area contributed by atoms with Crippen molar-refractivity contribution in [3.05, 3.63) is 20.7 Å². The van der Waals surface area contributed by atoms with Crippen molar-refractivity contribution in [2.24, 2.45) is 5.92 Å². The number of nitrogens with zero attached hydrogens (tertiary/aromatic N) is 1. The number of aromatic nitrogens is 1. The van der Waals surface area contributed by atoms with Crippen LogP contribution in [0.3, 0.4) is 0 Å². The van der Waals surface area contributed by atoms with Gasteiger partial charge in [0.2, 0.25) is 0 Å². The fraction of sp³-hybridized carbons (Fsp3) is 0.556. The number of hydrogen-bond acceptors (Lipinski definition) is 3. The van der Waals surface area contributed by atoms with Gasteiger partial charge in [-0.25, -0.2) is 0 Å². The van der Waals surface area contributed by atoms with Crippen molar-refractivity contribution < 1.29 is 4.79 Å². The summed E-state index contributed by atoms with van der Waals surface area (Å²) in [6, 6.07) is 0. The zero-order valence-electron chi connectivity index (χ0n) is 8.03. The van der Waals surface area contributed by atoms with Crippen molar-refractivity contribution in [3.8, 4) is 0 Å². The zero-order valence-corrected chi connectivity index (χ0v) is 8.85. The van der Waals surface area contributed by atoms with Crippen LogP contribution in [-0.2, 0) is 11.3 Å². The van der Waals surface area contributed by atoms with Gasteiger partial charge in [0.15, 0.2) is 5.78 Å². The molecular weight excluding hydrogens is 186 g/mol. The predicted octanol–water partition coefficient (Wildman–Crippen LogP) is 1.44. The first kappa shape index (κ1) is 10.2. The molecule has 0 aromatic carbocycles. The van der Waals surface area contributed by atoms with Crippen LogP contribution in [0.15, 0.2) is 10.2 Å². The van der Waals surface area contributed by atoms with Crippen LogP contribution < -0.4 is 4.87 Å². The molecule has 0 saturated carbocycles. The Kier molecular flexibility index (Phi) is 3.03. The highest BCUT2D eigenvalue weighted by molar-refractivity contribution is 7.07. The maximum absolute atomic E-state index is 11.4. The van der Waals surface area contributed by atoms with E-state index in [1.54, 1.807) is 5.38 Å². The molecule has 0 atom stereocenters. The predicted molar refractivity (Wildman–Crippen MR) is 53.2 cm³/mol. The van der Waals surface area contributed by atoms with E-state index in [-0.39, 0.29) is 23.1 Å². The largest absolute Gasteiger partial charge is 0.307 e. The van der Waals surface area contributed by atoms with Gasteiger partial charge >= 0.3 is 4.87 Å². The molecule has 0 bridgehead atoms. The highest BCUT2D eigenvalue weighted by Gasteiger charge is 2.11. The SMILES string of the molecule is Cc1csc(=O)n1CC(=O)C(C)C. The van der Waals surface area contributed by atoms with E-state index in [1.807, 2.05) is 20.8 Å². The second-order valence-electron chi connectivity index (χ2n) is 3.35. The first-order valence-electron chi connectivity index (χ1n) is 4.20. The van der Waals surface area contributed by atoms with E-state index in [9.17, 15) is 9.59 Å². The number of rotatable bonds is 3. The Morgan fingerprint density at radius 1 is 1.62 bits per heavy atom. The summed E-state index contributed by atoms with van der Waals surface area (Å²) < 4.78 is 1.52. The van der Waals surface area contributed by atoms with Gasteiger partial charge in [-0.1, -0.05) is 25.2 Å². The molecule has 0 radical (unpaired) electrons. The minimum Gasteiger partial charge on any atom is -0.297 e. The lowest BCUT2D eigenvalue weighted by atomic mass is 10.1. The van der Waals surface area contributed by atoms with Crippen molar-refractivity contribution in [2.45, 2.75) is 27.3 Å². The standard InChI is InChI=1S/C9H13NO2S/c1-6(2)8(11)4-10-7(3)5-13-9(10)12/h5-6H,4H2,1-3H3. The van der Waals surface area contributed by atoms with Crippen LogP contribution in [0.2, 0.25) is 0 Å². The Bertz CT molecular complexity index is 362. The van der Waals surface area contributed by atoms with Crippen LogP contribution in [0.4, 0.5) is 0 Å². The molecule has 0 fully saturated rings. The van der Waals surface area contributed by atoms with Crippen molar-refractivity contribution in [1.29, 1.82) is 0 Å². The molecule has 1 heterocycles. The van der Waals surface area contributed by atoms with Crippen LogP contribution in [-0.4, -0.2) is 10.4 Å². The third-order valence-electron chi connectivity index (χ3n) is 1.93. The van der Waals surface area contributed by atoms with Gasteiger partial charge in [0, 0.05) is 17.0 Å². The Morgan fingerprint density at radius 2 is 2.23 bits per heavy atom. The van der Waals surface area contributed by atoms with E-state index < -0.39 is 0 Å². The summed E-state index contributed by atoms with van der Waals surface area (Å²) >= 11 is 1.14. The fourth-order valence-electron chi connectivity index (χ4n) is 0.935. The lowest BCUT2D eigenvalue weighted by Gasteiger charge is -2.05. The quantitative estimate of drug-likeness (QED) is 0.739. The summed E-state index contributed by atoms with van der Waals surface area (Å²) in [6.07, 6.45) is 0. The zero-order chi connectivity index (χ0) is 10.0. The monoisotopic (exact) mass is 199 g/mol. The van der Waals surface area contributed by atoms with E-state index in [1.165, 1.54) is 4.57 Å². The third kappa shape index (κ3) is 2.28. The molecule has 0 aliphatic rings. The molecule has 1 aromatic rings. The molecule has 0 unspecified atom stereocenters. The molecule has 4 heteroatoms. The van der Waals surface area contributed by atoms with Crippen molar-refractivity contribution in [3.63, 3.8) is 0 Å². The second-order valence-corrected chi connectivity index (χ2v) is 4.17. The van der Waals surface area contributed by atoms with Crippen LogP contribution in [0.1, 0.15) is 19.5 Å². The first-order chi connectivity index (χ1) is 6.02. The van der Waals surface area contributed by atoms with Crippen LogP contribution in [0.25, 0.3) is 0 Å². The number of ketones is 1. The van der Waals surface area contributed by atoms with E-state index >= 15 is 0 Å². The van der Waals surface area contributed by atoms with E-state index in [0.29, 0.717) is 0 Å². The van der Waals surface area contributed by atoms with Gasteiger partial charge in [-0.15, -0.1) is 0 Å². The van der Waals surface area contributed by atoms with Crippen molar-refractivity contribution in [2.75, 3.05) is 0 Å². The lowest BCUT2D eigenvalue weighted by Crippen LogP contribution is -2.23. The number of Topliss-reactive ketones (excluding diaryl/α,β-unsaturated/α-hetero) is 1.